The fourth-order valence-corrected chi connectivity index (χ4v) is 7.08. The SMILES string of the molecule is CCC(C)NC[C@H]1C2=C(C[C@H]3C4c5c(cc(C)c(OC)c5O)CC([C@H](O)N13)N4C)C(=O)C(C)=C(OC)C2=O. The van der Waals surface area contributed by atoms with Gasteiger partial charge in [-0.05, 0) is 58.2 Å². The number of ether oxygens (including phenoxy) is 2. The molecule has 0 radical (unpaired) electrons. The van der Waals surface area contributed by atoms with E-state index in [9.17, 15) is 19.8 Å². The molecule has 4 aliphatic rings. The third-order valence-corrected chi connectivity index (χ3v) is 9.17. The molecular weight excluding hydrogens is 486 g/mol. The highest BCUT2D eigenvalue weighted by molar-refractivity contribution is 6.25. The van der Waals surface area contributed by atoms with Gasteiger partial charge in [-0.25, -0.2) is 0 Å². The van der Waals surface area contributed by atoms with Crippen molar-refractivity contribution in [1.82, 2.24) is 15.1 Å². The van der Waals surface area contributed by atoms with Crippen molar-refractivity contribution in [1.29, 1.82) is 0 Å². The van der Waals surface area contributed by atoms with Gasteiger partial charge < -0.3 is 25.0 Å². The van der Waals surface area contributed by atoms with Gasteiger partial charge in [0.15, 0.2) is 23.0 Å². The molecule has 1 aliphatic carbocycles. The number of aryl methyl sites for hydroxylation is 1. The van der Waals surface area contributed by atoms with E-state index >= 15 is 0 Å². The van der Waals surface area contributed by atoms with Crippen LogP contribution in [0.2, 0.25) is 0 Å². The van der Waals surface area contributed by atoms with Crippen molar-refractivity contribution in [3.8, 4) is 11.5 Å². The number of phenolic OH excluding ortho intramolecular Hbond substituents is 1. The van der Waals surface area contributed by atoms with E-state index in [4.69, 9.17) is 9.47 Å². The largest absolute Gasteiger partial charge is 0.504 e. The summed E-state index contributed by atoms with van der Waals surface area (Å²) in [6.45, 7) is 8.09. The molecule has 9 nitrogen and oxygen atoms in total. The smallest absolute Gasteiger partial charge is 0.225 e. The predicted octanol–water partition coefficient (Wildman–Crippen LogP) is 2.14. The zero-order valence-corrected chi connectivity index (χ0v) is 23.3. The molecule has 0 saturated carbocycles. The number of aromatic hydroxyl groups is 1. The highest BCUT2D eigenvalue weighted by Gasteiger charge is 2.57. The monoisotopic (exact) mass is 525 g/mol. The van der Waals surface area contributed by atoms with Crippen LogP contribution in [-0.4, -0.2) is 89.8 Å². The Morgan fingerprint density at radius 2 is 1.84 bits per heavy atom. The molecule has 38 heavy (non-hydrogen) atoms. The second-order valence-electron chi connectivity index (χ2n) is 11.1. The molecule has 6 atom stereocenters. The summed E-state index contributed by atoms with van der Waals surface area (Å²) in [5, 5.41) is 26.8. The minimum Gasteiger partial charge on any atom is -0.504 e. The Kier molecular flexibility index (Phi) is 6.92. The number of rotatable bonds is 6. The molecule has 1 fully saturated rings. The molecule has 9 heteroatoms. The van der Waals surface area contributed by atoms with Crippen LogP contribution in [-0.2, 0) is 20.7 Å². The number of ketones is 2. The first kappa shape index (κ1) is 26.9. The van der Waals surface area contributed by atoms with Gasteiger partial charge in [-0.3, -0.25) is 19.4 Å². The Morgan fingerprint density at radius 3 is 2.47 bits per heavy atom. The van der Waals surface area contributed by atoms with Gasteiger partial charge in [-0.2, -0.15) is 0 Å². The summed E-state index contributed by atoms with van der Waals surface area (Å²) in [5.74, 6) is 0.141. The van der Waals surface area contributed by atoms with Crippen LogP contribution in [0.4, 0.5) is 0 Å². The maximum Gasteiger partial charge on any atom is 0.225 e. The van der Waals surface area contributed by atoms with Crippen molar-refractivity contribution in [3.05, 3.63) is 45.2 Å². The number of allylic oxidation sites excluding steroid dienone is 2. The van der Waals surface area contributed by atoms with E-state index in [2.05, 4.69) is 24.1 Å². The van der Waals surface area contributed by atoms with Gasteiger partial charge in [-0.1, -0.05) is 13.0 Å². The lowest BCUT2D eigenvalue weighted by molar-refractivity contribution is -0.166. The van der Waals surface area contributed by atoms with Crippen LogP contribution in [0, 0.1) is 6.92 Å². The number of phenols is 1. The van der Waals surface area contributed by atoms with E-state index < -0.39 is 12.3 Å². The van der Waals surface area contributed by atoms with E-state index in [1.807, 2.05) is 24.9 Å². The Bertz CT molecular complexity index is 1250. The fraction of sp³-hybridized carbons (Fsp3) is 0.586. The van der Waals surface area contributed by atoms with E-state index in [1.54, 1.807) is 14.0 Å². The number of fused-ring (bicyclic) bond motifs is 6. The number of likely N-dealkylation sites (N-methyl/N-ethyl adjacent to an activating group) is 1. The van der Waals surface area contributed by atoms with Crippen molar-refractivity contribution in [2.75, 3.05) is 27.8 Å². The van der Waals surface area contributed by atoms with Crippen LogP contribution in [0.15, 0.2) is 28.5 Å². The van der Waals surface area contributed by atoms with Gasteiger partial charge in [0, 0.05) is 40.9 Å². The number of piperazine rings is 1. The summed E-state index contributed by atoms with van der Waals surface area (Å²) in [4.78, 5) is 31.5. The fourth-order valence-electron chi connectivity index (χ4n) is 7.08. The van der Waals surface area contributed by atoms with Crippen LogP contribution < -0.4 is 10.1 Å². The average Bonchev–Trinajstić information content (AvgIpc) is 2.89. The highest BCUT2D eigenvalue weighted by Crippen LogP contribution is 2.53. The van der Waals surface area contributed by atoms with Crippen molar-refractivity contribution < 1.29 is 29.3 Å². The minimum atomic E-state index is -0.877. The predicted molar refractivity (Wildman–Crippen MR) is 142 cm³/mol. The first-order valence-corrected chi connectivity index (χ1v) is 13.4. The van der Waals surface area contributed by atoms with Crippen LogP contribution in [0.3, 0.4) is 0 Å². The molecule has 3 N–H and O–H groups in total. The molecule has 1 saturated heterocycles. The molecule has 0 aromatic heterocycles. The quantitative estimate of drug-likeness (QED) is 0.481. The van der Waals surface area contributed by atoms with Crippen molar-refractivity contribution in [3.63, 3.8) is 0 Å². The van der Waals surface area contributed by atoms with Crippen molar-refractivity contribution >= 4 is 11.6 Å². The normalized spacial score (nSPS) is 30.2. The number of Topliss-reactive ketones (excluding diaryl/α,β-unsaturated/α-hetero) is 2. The van der Waals surface area contributed by atoms with Crippen molar-refractivity contribution in [2.24, 2.45) is 0 Å². The number of nitrogens with one attached hydrogen (secondary N) is 1. The standard InChI is InChI=1S/C29H39N3O6/c1-8-14(3)30-12-20-22-17(24(33)15(4)28(38-7)26(22)35)11-18-23-21-16(9-13(2)27(37-6)25(21)34)10-19(31(23)5)29(36)32(18)20/h9,14,18-20,23,29-30,34,36H,8,10-12H2,1-7H3/t14?,18-,19?,20-,23?,29-/m0/s1. The molecule has 2 bridgehead atoms. The number of hydrogen-bond acceptors (Lipinski definition) is 9. The van der Waals surface area contributed by atoms with Gasteiger partial charge >= 0.3 is 0 Å². The number of methoxy groups -OCH3 is 2. The Morgan fingerprint density at radius 1 is 1.13 bits per heavy atom. The lowest BCUT2D eigenvalue weighted by Gasteiger charge is -2.60. The molecule has 1 aromatic rings. The van der Waals surface area contributed by atoms with Gasteiger partial charge in [0.05, 0.1) is 32.3 Å². The first-order valence-electron chi connectivity index (χ1n) is 13.4. The molecule has 3 aliphatic heterocycles. The molecule has 5 rings (SSSR count). The summed E-state index contributed by atoms with van der Waals surface area (Å²) in [6.07, 6.45) is 0.839. The van der Waals surface area contributed by atoms with E-state index in [1.165, 1.54) is 7.11 Å². The minimum absolute atomic E-state index is 0.0766. The number of carbonyl (C=O) groups excluding carboxylic acids is 2. The van der Waals surface area contributed by atoms with Crippen LogP contribution in [0.25, 0.3) is 0 Å². The number of aliphatic hydroxyl groups is 1. The summed E-state index contributed by atoms with van der Waals surface area (Å²) in [7, 11) is 4.92. The van der Waals surface area contributed by atoms with Crippen LogP contribution >= 0.6 is 0 Å². The summed E-state index contributed by atoms with van der Waals surface area (Å²) < 4.78 is 11.0. The lowest BCUT2D eigenvalue weighted by atomic mass is 9.71. The molecular formula is C29H39N3O6. The molecule has 1 aromatic carbocycles. The molecule has 206 valence electrons. The first-order chi connectivity index (χ1) is 18.1. The maximum atomic E-state index is 13.7. The number of hydrogen-bond donors (Lipinski definition) is 3. The molecule has 3 unspecified atom stereocenters. The molecule has 3 heterocycles. The highest BCUT2D eigenvalue weighted by atomic mass is 16.5. The average molecular weight is 526 g/mol. The Hall–Kier alpha value is -2.72. The van der Waals surface area contributed by atoms with Gasteiger partial charge in [-0.15, -0.1) is 0 Å². The lowest BCUT2D eigenvalue weighted by Crippen LogP contribution is -2.71. The number of carbonyl (C=O) groups is 2. The summed E-state index contributed by atoms with van der Waals surface area (Å²) in [6, 6.07) is 0.785. The molecule has 0 spiro atoms. The van der Waals surface area contributed by atoms with Crippen molar-refractivity contribution in [2.45, 2.75) is 83.4 Å². The Balaban J connectivity index is 1.69. The van der Waals surface area contributed by atoms with E-state index in [0.717, 1.165) is 23.1 Å². The molecule has 0 amide bonds. The van der Waals surface area contributed by atoms with E-state index in [0.29, 0.717) is 35.4 Å². The second kappa shape index (κ2) is 9.79. The summed E-state index contributed by atoms with van der Waals surface area (Å²) >= 11 is 0. The zero-order chi connectivity index (χ0) is 27.6. The van der Waals surface area contributed by atoms with Crippen LogP contribution in [0.5, 0.6) is 11.5 Å². The Labute approximate surface area is 224 Å². The third kappa shape index (κ3) is 3.74. The van der Waals surface area contributed by atoms with Gasteiger partial charge in [0.1, 0.15) is 6.23 Å². The maximum absolute atomic E-state index is 13.7. The topological polar surface area (TPSA) is 112 Å². The summed E-state index contributed by atoms with van der Waals surface area (Å²) in [5.41, 5.74) is 3.79. The van der Waals surface area contributed by atoms with Crippen LogP contribution in [0.1, 0.15) is 56.3 Å². The van der Waals surface area contributed by atoms with Gasteiger partial charge in [0.2, 0.25) is 5.78 Å². The van der Waals surface area contributed by atoms with Gasteiger partial charge in [0.25, 0.3) is 0 Å². The third-order valence-electron chi connectivity index (χ3n) is 9.17. The zero-order valence-electron chi connectivity index (χ0n) is 23.3. The number of nitrogens with zero attached hydrogens (tertiary/aromatic N) is 2. The number of benzene rings is 1. The second-order valence-corrected chi connectivity index (χ2v) is 11.1. The number of aliphatic hydroxyl groups excluding tert-OH is 1. The van der Waals surface area contributed by atoms with E-state index in [-0.39, 0.29) is 53.7 Å².